The zero-order valence-electron chi connectivity index (χ0n) is 11.3. The highest BCUT2D eigenvalue weighted by Gasteiger charge is 2.18. The first-order valence-electron chi connectivity index (χ1n) is 6.57. The monoisotopic (exact) mass is 258 g/mol. The summed E-state index contributed by atoms with van der Waals surface area (Å²) in [6.07, 6.45) is 7.22. The Labute approximate surface area is 107 Å². The SMILES string of the molecule is C=C(CCCCC)S(=O)(=O)C(=C)CCCCC. The van der Waals surface area contributed by atoms with Gasteiger partial charge in [-0.25, -0.2) is 8.42 Å². The van der Waals surface area contributed by atoms with Crippen molar-refractivity contribution in [2.24, 2.45) is 0 Å². The van der Waals surface area contributed by atoms with Gasteiger partial charge in [-0.05, 0) is 25.7 Å². The highest BCUT2D eigenvalue weighted by molar-refractivity contribution is 7.98. The average Bonchev–Trinajstić information content (AvgIpc) is 2.29. The molecule has 0 radical (unpaired) electrons. The van der Waals surface area contributed by atoms with E-state index in [0.717, 1.165) is 38.5 Å². The molecule has 100 valence electrons. The van der Waals surface area contributed by atoms with E-state index in [0.29, 0.717) is 22.7 Å². The van der Waals surface area contributed by atoms with E-state index in [9.17, 15) is 8.42 Å². The van der Waals surface area contributed by atoms with Crippen molar-refractivity contribution in [3.63, 3.8) is 0 Å². The van der Waals surface area contributed by atoms with Gasteiger partial charge in [0, 0.05) is 9.81 Å². The van der Waals surface area contributed by atoms with Crippen LogP contribution < -0.4 is 0 Å². The van der Waals surface area contributed by atoms with Gasteiger partial charge in [-0.15, -0.1) is 0 Å². The maximum absolute atomic E-state index is 12.0. The third-order valence-electron chi connectivity index (χ3n) is 2.88. The Bertz CT molecular complexity index is 311. The number of hydrogen-bond acceptors (Lipinski definition) is 2. The van der Waals surface area contributed by atoms with Crippen LogP contribution in [0.25, 0.3) is 0 Å². The molecule has 0 rings (SSSR count). The summed E-state index contributed by atoms with van der Waals surface area (Å²) in [6.45, 7) is 11.6. The highest BCUT2D eigenvalue weighted by atomic mass is 32.2. The zero-order chi connectivity index (χ0) is 13.3. The summed E-state index contributed by atoms with van der Waals surface area (Å²) < 4.78 is 24.0. The van der Waals surface area contributed by atoms with Crippen LogP contribution in [0.1, 0.15) is 65.2 Å². The minimum atomic E-state index is -3.29. The Balaban J connectivity index is 4.25. The van der Waals surface area contributed by atoms with E-state index >= 15 is 0 Å². The molecule has 0 aromatic heterocycles. The minimum absolute atomic E-state index is 0.340. The second kappa shape index (κ2) is 8.51. The molecule has 0 bridgehead atoms. The van der Waals surface area contributed by atoms with Gasteiger partial charge in [-0.3, -0.25) is 0 Å². The molecule has 0 N–H and O–H groups in total. The van der Waals surface area contributed by atoms with Gasteiger partial charge in [0.15, 0.2) is 9.84 Å². The van der Waals surface area contributed by atoms with Crippen LogP contribution in [0, 0.1) is 0 Å². The van der Waals surface area contributed by atoms with Gasteiger partial charge >= 0.3 is 0 Å². The topological polar surface area (TPSA) is 34.1 Å². The lowest BCUT2D eigenvalue weighted by atomic mass is 10.2. The summed E-state index contributed by atoms with van der Waals surface area (Å²) in [5.41, 5.74) is 0. The van der Waals surface area contributed by atoms with E-state index in [4.69, 9.17) is 0 Å². The summed E-state index contributed by atoms with van der Waals surface area (Å²) in [6, 6.07) is 0. The zero-order valence-corrected chi connectivity index (χ0v) is 12.1. The lowest BCUT2D eigenvalue weighted by Crippen LogP contribution is -2.06. The fourth-order valence-corrected chi connectivity index (χ4v) is 2.85. The third kappa shape index (κ3) is 6.06. The van der Waals surface area contributed by atoms with Crippen molar-refractivity contribution in [2.45, 2.75) is 65.2 Å². The molecule has 0 atom stereocenters. The molecule has 17 heavy (non-hydrogen) atoms. The molecule has 0 heterocycles. The number of rotatable bonds is 10. The predicted octanol–water partition coefficient (Wildman–Crippen LogP) is 4.59. The fourth-order valence-electron chi connectivity index (χ4n) is 1.62. The number of sulfone groups is 1. The first kappa shape index (κ1) is 16.4. The van der Waals surface area contributed by atoms with Crippen LogP contribution in [0.15, 0.2) is 23.0 Å². The Kier molecular flexibility index (Phi) is 8.23. The summed E-state index contributed by atoms with van der Waals surface area (Å²) in [5, 5.41) is 0. The molecule has 0 amide bonds. The van der Waals surface area contributed by atoms with Crippen LogP contribution in [-0.2, 0) is 9.84 Å². The summed E-state index contributed by atoms with van der Waals surface area (Å²) in [7, 11) is -3.29. The molecule has 3 heteroatoms. The van der Waals surface area contributed by atoms with Crippen molar-refractivity contribution >= 4 is 9.84 Å². The van der Waals surface area contributed by atoms with Crippen LogP contribution >= 0.6 is 0 Å². The molecule has 0 aliphatic heterocycles. The van der Waals surface area contributed by atoms with Crippen LogP contribution in [0.5, 0.6) is 0 Å². The van der Waals surface area contributed by atoms with Gasteiger partial charge in [0.05, 0.1) is 0 Å². The molecule has 0 unspecified atom stereocenters. The molecule has 0 aliphatic rings. The van der Waals surface area contributed by atoms with Gasteiger partial charge in [-0.2, -0.15) is 0 Å². The molecule has 0 aromatic rings. The lowest BCUT2D eigenvalue weighted by Gasteiger charge is -2.09. The standard InChI is InChI=1S/C14H26O2S/c1-5-7-9-11-13(3)17(15,16)14(4)12-10-8-6-2/h3-12H2,1-2H3. The number of allylic oxidation sites excluding steroid dienone is 2. The number of unbranched alkanes of at least 4 members (excludes halogenated alkanes) is 4. The third-order valence-corrected chi connectivity index (χ3v) is 4.81. The van der Waals surface area contributed by atoms with Crippen molar-refractivity contribution in [3.05, 3.63) is 23.0 Å². The molecular formula is C14H26O2S. The maximum Gasteiger partial charge on any atom is 0.197 e. The van der Waals surface area contributed by atoms with Crippen LogP contribution in [-0.4, -0.2) is 8.42 Å². The van der Waals surface area contributed by atoms with Crippen molar-refractivity contribution < 1.29 is 8.42 Å². The largest absolute Gasteiger partial charge is 0.219 e. The van der Waals surface area contributed by atoms with Crippen LogP contribution in [0.2, 0.25) is 0 Å². The second-order valence-corrected chi connectivity index (χ2v) is 6.66. The quantitative estimate of drug-likeness (QED) is 0.537. The van der Waals surface area contributed by atoms with E-state index in [1.165, 1.54) is 0 Å². The summed E-state index contributed by atoms with van der Waals surface area (Å²) >= 11 is 0. The van der Waals surface area contributed by atoms with E-state index < -0.39 is 9.84 Å². The molecule has 0 fully saturated rings. The van der Waals surface area contributed by atoms with Crippen molar-refractivity contribution in [1.82, 2.24) is 0 Å². The second-order valence-electron chi connectivity index (χ2n) is 4.50. The predicted molar refractivity (Wildman–Crippen MR) is 75.5 cm³/mol. The fraction of sp³-hybridized carbons (Fsp3) is 0.714. The maximum atomic E-state index is 12.0. The van der Waals surface area contributed by atoms with Crippen molar-refractivity contribution in [2.75, 3.05) is 0 Å². The summed E-state index contributed by atoms with van der Waals surface area (Å²) in [4.78, 5) is 0.680. The van der Waals surface area contributed by atoms with E-state index in [2.05, 4.69) is 27.0 Å². The van der Waals surface area contributed by atoms with Crippen LogP contribution in [0.3, 0.4) is 0 Å². The highest BCUT2D eigenvalue weighted by Crippen LogP contribution is 2.23. The van der Waals surface area contributed by atoms with Gasteiger partial charge in [0.2, 0.25) is 0 Å². The Morgan fingerprint density at radius 1 is 0.824 bits per heavy atom. The van der Waals surface area contributed by atoms with Crippen LogP contribution in [0.4, 0.5) is 0 Å². The van der Waals surface area contributed by atoms with Gasteiger partial charge < -0.3 is 0 Å². The van der Waals surface area contributed by atoms with Gasteiger partial charge in [0.25, 0.3) is 0 Å². The molecule has 0 saturated carbocycles. The molecular weight excluding hydrogens is 232 g/mol. The first-order chi connectivity index (χ1) is 7.96. The average molecular weight is 258 g/mol. The Hall–Kier alpha value is -0.570. The van der Waals surface area contributed by atoms with Gasteiger partial charge in [-0.1, -0.05) is 52.7 Å². The summed E-state index contributed by atoms with van der Waals surface area (Å²) in [5.74, 6) is 0. The minimum Gasteiger partial charge on any atom is -0.219 e. The molecule has 2 nitrogen and oxygen atoms in total. The van der Waals surface area contributed by atoms with Gasteiger partial charge in [0.1, 0.15) is 0 Å². The van der Waals surface area contributed by atoms with E-state index in [1.54, 1.807) is 0 Å². The smallest absolute Gasteiger partial charge is 0.197 e. The normalized spacial score (nSPS) is 11.4. The molecule has 0 spiro atoms. The van der Waals surface area contributed by atoms with E-state index in [1.807, 2.05) is 0 Å². The first-order valence-corrected chi connectivity index (χ1v) is 8.05. The molecule has 0 aromatic carbocycles. The molecule has 0 saturated heterocycles. The Morgan fingerprint density at radius 2 is 1.18 bits per heavy atom. The molecule has 0 aliphatic carbocycles. The lowest BCUT2D eigenvalue weighted by molar-refractivity contribution is 0.600. The number of hydrogen-bond donors (Lipinski definition) is 0. The van der Waals surface area contributed by atoms with Crippen molar-refractivity contribution in [3.8, 4) is 0 Å². The van der Waals surface area contributed by atoms with Crippen molar-refractivity contribution in [1.29, 1.82) is 0 Å². The Morgan fingerprint density at radius 3 is 1.47 bits per heavy atom. The van der Waals surface area contributed by atoms with E-state index in [-0.39, 0.29) is 0 Å².